The largest absolute Gasteiger partial charge is 0.495 e. The highest BCUT2D eigenvalue weighted by atomic mass is 32.2. The van der Waals surface area contributed by atoms with E-state index in [1.54, 1.807) is 0 Å². The maximum atomic E-state index is 12.9. The number of sulfonamides is 1. The van der Waals surface area contributed by atoms with Crippen LogP contribution in [-0.2, 0) is 19.6 Å². The number of primary sulfonamides is 1. The molecule has 0 saturated heterocycles. The van der Waals surface area contributed by atoms with Crippen LogP contribution in [-0.4, -0.2) is 33.9 Å². The fourth-order valence-electron chi connectivity index (χ4n) is 6.04. The number of anilines is 1. The molecule has 1 aromatic rings. The van der Waals surface area contributed by atoms with Crippen LogP contribution in [0.5, 0.6) is 5.75 Å². The maximum absolute atomic E-state index is 12.9. The van der Waals surface area contributed by atoms with Crippen molar-refractivity contribution in [3.05, 3.63) is 18.2 Å². The molecule has 4 saturated carbocycles. The quantitative estimate of drug-likeness (QED) is 0.604. The van der Waals surface area contributed by atoms with Gasteiger partial charge in [-0.2, -0.15) is 0 Å². The number of hydrogen-bond acceptors (Lipinski definition) is 5. The van der Waals surface area contributed by atoms with Crippen molar-refractivity contribution < 1.29 is 22.7 Å². The van der Waals surface area contributed by atoms with E-state index in [2.05, 4.69) is 10.6 Å². The second-order valence-electron chi connectivity index (χ2n) is 9.16. The molecule has 164 valence electrons. The molecule has 0 aromatic heterocycles. The van der Waals surface area contributed by atoms with Gasteiger partial charge in [-0.1, -0.05) is 0 Å². The van der Waals surface area contributed by atoms with Crippen LogP contribution in [0.15, 0.2) is 23.1 Å². The molecule has 1 aromatic carbocycles. The average Bonchev–Trinajstić information content (AvgIpc) is 2.66. The summed E-state index contributed by atoms with van der Waals surface area (Å²) in [5, 5.41) is 10.8. The summed E-state index contributed by atoms with van der Waals surface area (Å²) in [6.07, 6.45) is 6.84. The van der Waals surface area contributed by atoms with E-state index in [1.807, 2.05) is 0 Å². The fourth-order valence-corrected chi connectivity index (χ4v) is 6.58. The van der Waals surface area contributed by atoms with Gasteiger partial charge in [0.1, 0.15) is 5.75 Å². The molecule has 0 heterocycles. The molecule has 4 aliphatic carbocycles. The number of ether oxygens (including phenoxy) is 1. The second-order valence-corrected chi connectivity index (χ2v) is 10.7. The number of benzene rings is 1. The molecule has 8 nitrogen and oxygen atoms in total. The van der Waals surface area contributed by atoms with Crippen LogP contribution >= 0.6 is 0 Å². The summed E-state index contributed by atoms with van der Waals surface area (Å²) in [6.45, 7) is 0.240. The normalized spacial score (nSPS) is 29.5. The fraction of sp³-hybridized carbons (Fsp3) is 0.619. The number of nitrogens with two attached hydrogens (primary N) is 1. The second kappa shape index (κ2) is 7.85. The monoisotopic (exact) mass is 435 g/mol. The van der Waals surface area contributed by atoms with Crippen LogP contribution in [0, 0.1) is 23.2 Å². The number of carbonyl (C=O) groups excluding carboxylic acids is 2. The molecule has 30 heavy (non-hydrogen) atoms. The SMILES string of the molecule is COc1ccc(S(N)(=O)=O)cc1NC(=O)CCNC(=O)C12CC3CC(CC(C3)C1)C2. The lowest BCUT2D eigenvalue weighted by atomic mass is 9.49. The predicted octanol–water partition coefficient (Wildman–Crippen LogP) is 2.00. The standard InChI is InChI=1S/C21H29N3O5S/c1-29-18-3-2-16(30(22,27)28)9-17(18)24-19(25)4-5-23-20(26)21-10-13-6-14(11-21)8-15(7-13)12-21/h2-3,9,13-15H,4-8,10-12H2,1H3,(H,23,26)(H,24,25)(H2,22,27,28). The van der Waals surface area contributed by atoms with E-state index < -0.39 is 10.0 Å². The van der Waals surface area contributed by atoms with Gasteiger partial charge in [-0.3, -0.25) is 9.59 Å². The van der Waals surface area contributed by atoms with Crippen LogP contribution in [0.4, 0.5) is 5.69 Å². The maximum Gasteiger partial charge on any atom is 0.238 e. The van der Waals surface area contributed by atoms with Crippen molar-refractivity contribution in [1.29, 1.82) is 0 Å². The van der Waals surface area contributed by atoms with E-state index in [-0.39, 0.29) is 40.8 Å². The summed E-state index contributed by atoms with van der Waals surface area (Å²) in [5.74, 6) is 2.12. The molecule has 0 unspecified atom stereocenters. The zero-order chi connectivity index (χ0) is 21.5. The van der Waals surface area contributed by atoms with E-state index >= 15 is 0 Å². The van der Waals surface area contributed by atoms with E-state index in [0.717, 1.165) is 19.3 Å². The predicted molar refractivity (Wildman–Crippen MR) is 111 cm³/mol. The summed E-state index contributed by atoms with van der Waals surface area (Å²) in [6, 6.07) is 4.01. The Hall–Kier alpha value is -2.13. The minimum Gasteiger partial charge on any atom is -0.495 e. The van der Waals surface area contributed by atoms with Crippen molar-refractivity contribution in [2.24, 2.45) is 28.3 Å². The van der Waals surface area contributed by atoms with Gasteiger partial charge in [0, 0.05) is 18.4 Å². The van der Waals surface area contributed by atoms with Crippen molar-refractivity contribution >= 4 is 27.5 Å². The van der Waals surface area contributed by atoms with Crippen molar-refractivity contribution in [3.8, 4) is 5.75 Å². The van der Waals surface area contributed by atoms with E-state index in [0.29, 0.717) is 23.5 Å². The molecule has 4 aliphatic rings. The Bertz CT molecular complexity index is 924. The third-order valence-electron chi connectivity index (χ3n) is 6.93. The lowest BCUT2D eigenvalue weighted by Crippen LogP contribution is -2.53. The van der Waals surface area contributed by atoms with Crippen molar-refractivity contribution in [2.75, 3.05) is 19.0 Å². The molecule has 4 bridgehead atoms. The Balaban J connectivity index is 1.33. The first-order chi connectivity index (χ1) is 14.2. The van der Waals surface area contributed by atoms with E-state index in [9.17, 15) is 18.0 Å². The number of carbonyl (C=O) groups is 2. The van der Waals surface area contributed by atoms with Gasteiger partial charge in [0.15, 0.2) is 0 Å². The first kappa shape index (κ1) is 21.1. The Kier molecular flexibility index (Phi) is 5.52. The molecule has 0 spiro atoms. The topological polar surface area (TPSA) is 128 Å². The first-order valence-corrected chi connectivity index (χ1v) is 12.0. The third-order valence-corrected chi connectivity index (χ3v) is 7.84. The number of methoxy groups -OCH3 is 1. The summed E-state index contributed by atoms with van der Waals surface area (Å²) in [7, 11) is -2.48. The van der Waals surface area contributed by atoms with Crippen LogP contribution in [0.2, 0.25) is 0 Å². The summed E-state index contributed by atoms with van der Waals surface area (Å²) in [5.41, 5.74) is -0.0143. The summed E-state index contributed by atoms with van der Waals surface area (Å²) < 4.78 is 28.3. The van der Waals surface area contributed by atoms with Gasteiger partial charge in [0.2, 0.25) is 21.8 Å². The number of nitrogens with one attached hydrogen (secondary N) is 2. The highest BCUT2D eigenvalue weighted by molar-refractivity contribution is 7.89. The molecule has 4 fully saturated rings. The van der Waals surface area contributed by atoms with Crippen LogP contribution < -0.4 is 20.5 Å². The summed E-state index contributed by atoms with van der Waals surface area (Å²) in [4.78, 5) is 25.2. The zero-order valence-electron chi connectivity index (χ0n) is 17.1. The minimum absolute atomic E-state index is 0.0842. The molecule has 9 heteroatoms. The Morgan fingerprint density at radius 1 is 1.13 bits per heavy atom. The third kappa shape index (κ3) is 4.18. The lowest BCUT2D eigenvalue weighted by molar-refractivity contribution is -0.146. The Labute approximate surface area is 177 Å². The van der Waals surface area contributed by atoms with Crippen LogP contribution in [0.1, 0.15) is 44.9 Å². The highest BCUT2D eigenvalue weighted by Crippen LogP contribution is 2.60. The van der Waals surface area contributed by atoms with Crippen LogP contribution in [0.25, 0.3) is 0 Å². The highest BCUT2D eigenvalue weighted by Gasteiger charge is 2.54. The molecule has 0 radical (unpaired) electrons. The van der Waals surface area contributed by atoms with Gasteiger partial charge in [0.25, 0.3) is 0 Å². The van der Waals surface area contributed by atoms with Crippen molar-refractivity contribution in [3.63, 3.8) is 0 Å². The van der Waals surface area contributed by atoms with Gasteiger partial charge < -0.3 is 15.4 Å². The zero-order valence-corrected chi connectivity index (χ0v) is 18.0. The number of rotatable bonds is 7. The van der Waals surface area contributed by atoms with Crippen LogP contribution in [0.3, 0.4) is 0 Å². The molecule has 5 rings (SSSR count). The van der Waals surface area contributed by atoms with Gasteiger partial charge in [-0.15, -0.1) is 0 Å². The Morgan fingerprint density at radius 2 is 1.73 bits per heavy atom. The van der Waals surface area contributed by atoms with Gasteiger partial charge >= 0.3 is 0 Å². The molecular formula is C21H29N3O5S. The van der Waals surface area contributed by atoms with Gasteiger partial charge in [0.05, 0.1) is 17.7 Å². The Morgan fingerprint density at radius 3 is 2.27 bits per heavy atom. The lowest BCUT2D eigenvalue weighted by Gasteiger charge is -2.55. The minimum atomic E-state index is -3.90. The van der Waals surface area contributed by atoms with Gasteiger partial charge in [-0.05, 0) is 74.5 Å². The molecule has 2 amide bonds. The first-order valence-electron chi connectivity index (χ1n) is 10.5. The van der Waals surface area contributed by atoms with Gasteiger partial charge in [-0.25, -0.2) is 13.6 Å². The molecule has 0 atom stereocenters. The summed E-state index contributed by atoms with van der Waals surface area (Å²) >= 11 is 0. The van der Waals surface area contributed by atoms with E-state index in [4.69, 9.17) is 9.88 Å². The molecule has 4 N–H and O–H groups in total. The smallest absolute Gasteiger partial charge is 0.238 e. The van der Waals surface area contributed by atoms with Crippen molar-refractivity contribution in [2.45, 2.75) is 49.8 Å². The van der Waals surface area contributed by atoms with Crippen molar-refractivity contribution in [1.82, 2.24) is 5.32 Å². The van der Waals surface area contributed by atoms with E-state index in [1.165, 1.54) is 44.6 Å². The molecular weight excluding hydrogens is 406 g/mol. The number of amides is 2. The average molecular weight is 436 g/mol. The molecule has 0 aliphatic heterocycles. The number of hydrogen-bond donors (Lipinski definition) is 3.